The van der Waals surface area contributed by atoms with E-state index in [4.69, 9.17) is 9.47 Å². The Balaban J connectivity index is 2.40. The zero-order valence-corrected chi connectivity index (χ0v) is 11.8. The van der Waals surface area contributed by atoms with E-state index in [2.05, 4.69) is 4.98 Å². The van der Waals surface area contributed by atoms with Crippen LogP contribution in [0.5, 0.6) is 5.75 Å². The van der Waals surface area contributed by atoms with E-state index >= 15 is 0 Å². The highest BCUT2D eigenvalue weighted by atomic mass is 16.5. The second-order valence-electron chi connectivity index (χ2n) is 4.26. The molecule has 0 unspecified atom stereocenters. The molecule has 0 radical (unpaired) electrons. The Labute approximate surface area is 118 Å². The van der Waals surface area contributed by atoms with Crippen LogP contribution in [0.4, 0.5) is 0 Å². The van der Waals surface area contributed by atoms with E-state index in [9.17, 15) is 4.79 Å². The molecule has 0 aliphatic carbocycles. The normalized spacial score (nSPS) is 10.2. The molecule has 1 heterocycles. The monoisotopic (exact) mass is 271 g/mol. The van der Waals surface area contributed by atoms with Crippen LogP contribution in [-0.4, -0.2) is 25.2 Å². The third-order valence-corrected chi connectivity index (χ3v) is 3.10. The summed E-state index contributed by atoms with van der Waals surface area (Å²) in [6.07, 6.45) is 0.675. The molecule has 0 aliphatic heterocycles. The number of benzene rings is 1. The molecule has 1 aromatic heterocycles. The van der Waals surface area contributed by atoms with Gasteiger partial charge in [0.2, 0.25) is 0 Å². The Morgan fingerprint density at radius 1 is 1.10 bits per heavy atom. The topological polar surface area (TPSA) is 48.4 Å². The lowest BCUT2D eigenvalue weighted by Gasteiger charge is -2.08. The molecule has 0 fully saturated rings. The first-order chi connectivity index (χ1) is 9.69. The largest absolute Gasteiger partial charge is 0.497 e. The van der Waals surface area contributed by atoms with E-state index in [1.807, 2.05) is 37.3 Å². The lowest BCUT2D eigenvalue weighted by Crippen LogP contribution is -2.07. The maximum absolute atomic E-state index is 11.6. The first-order valence-electron chi connectivity index (χ1n) is 6.42. The summed E-state index contributed by atoms with van der Waals surface area (Å²) in [5.41, 5.74) is 3.08. The molecule has 0 saturated heterocycles. The first-order valence-corrected chi connectivity index (χ1v) is 6.42. The molecular formula is C16H17NO3. The lowest BCUT2D eigenvalue weighted by atomic mass is 10.1. The van der Waals surface area contributed by atoms with Crippen molar-refractivity contribution in [3.8, 4) is 17.0 Å². The Morgan fingerprint density at radius 3 is 2.35 bits per heavy atom. The number of hydrogen-bond donors (Lipinski definition) is 0. The van der Waals surface area contributed by atoms with E-state index in [0.29, 0.717) is 12.0 Å². The van der Waals surface area contributed by atoms with Crippen LogP contribution in [0.3, 0.4) is 0 Å². The van der Waals surface area contributed by atoms with Gasteiger partial charge in [-0.1, -0.05) is 6.92 Å². The summed E-state index contributed by atoms with van der Waals surface area (Å²) in [7, 11) is 3.01. The predicted octanol–water partition coefficient (Wildman–Crippen LogP) is 3.11. The van der Waals surface area contributed by atoms with Crippen LogP contribution in [0.1, 0.15) is 23.0 Å². The van der Waals surface area contributed by atoms with E-state index in [1.54, 1.807) is 13.2 Å². The summed E-state index contributed by atoms with van der Waals surface area (Å²) in [6.45, 7) is 1.96. The van der Waals surface area contributed by atoms with Crippen molar-refractivity contribution in [2.45, 2.75) is 13.3 Å². The van der Waals surface area contributed by atoms with Gasteiger partial charge in [-0.2, -0.15) is 0 Å². The van der Waals surface area contributed by atoms with Crippen molar-refractivity contribution in [1.29, 1.82) is 0 Å². The molecule has 2 rings (SSSR count). The zero-order chi connectivity index (χ0) is 14.5. The highest BCUT2D eigenvalue weighted by molar-refractivity contribution is 5.91. The molecule has 0 N–H and O–H groups in total. The molecule has 0 bridgehead atoms. The van der Waals surface area contributed by atoms with E-state index < -0.39 is 0 Å². The molecule has 0 spiro atoms. The van der Waals surface area contributed by atoms with E-state index in [1.165, 1.54) is 7.11 Å². The molecule has 4 nitrogen and oxygen atoms in total. The van der Waals surface area contributed by atoms with Crippen molar-refractivity contribution in [3.63, 3.8) is 0 Å². The summed E-state index contributed by atoms with van der Waals surface area (Å²) in [5, 5.41) is 0. The van der Waals surface area contributed by atoms with Gasteiger partial charge in [0.1, 0.15) is 5.75 Å². The molecule has 0 saturated carbocycles. The van der Waals surface area contributed by atoms with Crippen LogP contribution in [0.25, 0.3) is 11.3 Å². The van der Waals surface area contributed by atoms with Crippen molar-refractivity contribution in [1.82, 2.24) is 4.98 Å². The molecule has 1 aromatic carbocycles. The minimum absolute atomic E-state index is 0.351. The Hall–Kier alpha value is -2.36. The molecule has 0 amide bonds. The van der Waals surface area contributed by atoms with E-state index in [-0.39, 0.29) is 5.97 Å². The van der Waals surface area contributed by atoms with Gasteiger partial charge in [0, 0.05) is 5.56 Å². The Kier molecular flexibility index (Phi) is 4.35. The summed E-state index contributed by atoms with van der Waals surface area (Å²) in [6, 6.07) is 11.2. The SMILES string of the molecule is CCc1nc(-c2ccc(OC)cc2)ccc1C(=O)OC. The minimum Gasteiger partial charge on any atom is -0.497 e. The van der Waals surface area contributed by atoms with Gasteiger partial charge < -0.3 is 9.47 Å². The van der Waals surface area contributed by atoms with Gasteiger partial charge in [-0.3, -0.25) is 4.98 Å². The van der Waals surface area contributed by atoms with Gasteiger partial charge in [0.15, 0.2) is 0 Å². The van der Waals surface area contributed by atoms with Gasteiger partial charge in [-0.25, -0.2) is 4.79 Å². The number of ether oxygens (including phenoxy) is 2. The number of hydrogen-bond acceptors (Lipinski definition) is 4. The summed E-state index contributed by atoms with van der Waals surface area (Å²) in [4.78, 5) is 16.2. The van der Waals surface area contributed by atoms with E-state index in [0.717, 1.165) is 22.7 Å². The number of rotatable bonds is 4. The van der Waals surface area contributed by atoms with Gasteiger partial charge in [-0.15, -0.1) is 0 Å². The number of carbonyl (C=O) groups excluding carboxylic acids is 1. The number of methoxy groups -OCH3 is 2. The average molecular weight is 271 g/mol. The number of aromatic nitrogens is 1. The number of aryl methyl sites for hydroxylation is 1. The molecule has 0 atom stereocenters. The fourth-order valence-electron chi connectivity index (χ4n) is 1.99. The zero-order valence-electron chi connectivity index (χ0n) is 11.8. The number of carbonyl (C=O) groups is 1. The minimum atomic E-state index is -0.351. The fraction of sp³-hybridized carbons (Fsp3) is 0.250. The van der Waals surface area contributed by atoms with Crippen molar-refractivity contribution >= 4 is 5.97 Å². The Morgan fingerprint density at radius 2 is 1.80 bits per heavy atom. The van der Waals surface area contributed by atoms with Gasteiger partial charge in [0.25, 0.3) is 0 Å². The molecule has 4 heteroatoms. The fourth-order valence-corrected chi connectivity index (χ4v) is 1.99. The molecule has 2 aromatic rings. The highest BCUT2D eigenvalue weighted by Gasteiger charge is 2.13. The second-order valence-corrected chi connectivity index (χ2v) is 4.26. The predicted molar refractivity (Wildman–Crippen MR) is 76.9 cm³/mol. The number of pyridine rings is 1. The maximum Gasteiger partial charge on any atom is 0.339 e. The van der Waals surface area contributed by atoms with Crippen LogP contribution in [0, 0.1) is 0 Å². The standard InChI is InChI=1S/C16H17NO3/c1-4-14-13(16(18)20-3)9-10-15(17-14)11-5-7-12(19-2)8-6-11/h5-10H,4H2,1-3H3. The van der Waals surface area contributed by atoms with Crippen LogP contribution in [0.2, 0.25) is 0 Å². The van der Waals surface area contributed by atoms with Crippen LogP contribution < -0.4 is 4.74 Å². The first kappa shape index (κ1) is 14.1. The third kappa shape index (κ3) is 2.79. The van der Waals surface area contributed by atoms with Crippen LogP contribution >= 0.6 is 0 Å². The maximum atomic E-state index is 11.6. The Bertz CT molecular complexity index is 606. The van der Waals surface area contributed by atoms with Crippen molar-refractivity contribution < 1.29 is 14.3 Å². The summed E-state index contributed by atoms with van der Waals surface area (Å²) < 4.78 is 9.89. The lowest BCUT2D eigenvalue weighted by molar-refractivity contribution is 0.0599. The smallest absolute Gasteiger partial charge is 0.339 e. The molecule has 0 aliphatic rings. The molecular weight excluding hydrogens is 254 g/mol. The number of nitrogens with zero attached hydrogens (tertiary/aromatic N) is 1. The van der Waals surface area contributed by atoms with Crippen LogP contribution in [-0.2, 0) is 11.2 Å². The van der Waals surface area contributed by atoms with Crippen molar-refractivity contribution in [2.24, 2.45) is 0 Å². The second kappa shape index (κ2) is 6.19. The van der Waals surface area contributed by atoms with Crippen molar-refractivity contribution in [3.05, 3.63) is 47.7 Å². The van der Waals surface area contributed by atoms with Crippen LogP contribution in [0.15, 0.2) is 36.4 Å². The van der Waals surface area contributed by atoms with Gasteiger partial charge >= 0.3 is 5.97 Å². The highest BCUT2D eigenvalue weighted by Crippen LogP contribution is 2.22. The average Bonchev–Trinajstić information content (AvgIpc) is 2.53. The third-order valence-electron chi connectivity index (χ3n) is 3.10. The molecule has 20 heavy (non-hydrogen) atoms. The van der Waals surface area contributed by atoms with Gasteiger partial charge in [0.05, 0.1) is 31.2 Å². The number of esters is 1. The van der Waals surface area contributed by atoms with Gasteiger partial charge in [-0.05, 0) is 42.8 Å². The summed E-state index contributed by atoms with van der Waals surface area (Å²) in [5.74, 6) is 0.450. The molecule has 104 valence electrons. The quantitative estimate of drug-likeness (QED) is 0.802. The van der Waals surface area contributed by atoms with Crippen molar-refractivity contribution in [2.75, 3.05) is 14.2 Å². The summed E-state index contributed by atoms with van der Waals surface area (Å²) >= 11 is 0.